The van der Waals surface area contributed by atoms with E-state index in [1.54, 1.807) is 18.1 Å². The lowest BCUT2D eigenvalue weighted by Crippen LogP contribution is -2.42. The van der Waals surface area contributed by atoms with E-state index in [9.17, 15) is 14.7 Å². The van der Waals surface area contributed by atoms with E-state index in [4.69, 9.17) is 21.4 Å². The van der Waals surface area contributed by atoms with Crippen LogP contribution in [-0.4, -0.2) is 39.4 Å². The second-order valence-corrected chi connectivity index (χ2v) is 9.49. The average molecular weight is 458 g/mol. The maximum atomic E-state index is 13.1. The molecule has 2 heterocycles. The van der Waals surface area contributed by atoms with Crippen molar-refractivity contribution in [2.75, 3.05) is 7.11 Å². The predicted octanol–water partition coefficient (Wildman–Crippen LogP) is 5.11. The lowest BCUT2D eigenvalue weighted by Gasteiger charge is -2.32. The average Bonchev–Trinajstić information content (AvgIpc) is 3.32. The third-order valence-corrected chi connectivity index (χ3v) is 7.04. The minimum atomic E-state index is -0.805. The van der Waals surface area contributed by atoms with Gasteiger partial charge in [-0.25, -0.2) is 0 Å². The Hall–Kier alpha value is -2.58. The van der Waals surface area contributed by atoms with Gasteiger partial charge in [-0.3, -0.25) is 14.5 Å². The number of aliphatic carboxylic acids is 1. The molecule has 1 aliphatic heterocycles. The number of furan rings is 1. The van der Waals surface area contributed by atoms with Crippen LogP contribution >= 0.6 is 24.0 Å². The normalized spacial score (nSPS) is 22.9. The number of nitrogens with zero attached hydrogens (tertiary/aromatic N) is 1. The van der Waals surface area contributed by atoms with Gasteiger partial charge in [0.25, 0.3) is 5.91 Å². The molecule has 1 saturated heterocycles. The third-order valence-electron chi connectivity index (χ3n) is 5.71. The first-order chi connectivity index (χ1) is 14.9. The standard InChI is InChI=1S/C23H23NO5S2/c1-13-6-8-18(28-2)17(10-13)19-9-7-16(29-19)12-20-21(25)24(23(30)31-20)15-5-3-4-14(11-15)22(26)27/h6-10,12,14-15H,3-5,11H2,1-2H3,(H,26,27). The summed E-state index contributed by atoms with van der Waals surface area (Å²) < 4.78 is 11.9. The zero-order valence-corrected chi connectivity index (χ0v) is 18.9. The molecular formula is C23H23NO5S2. The highest BCUT2D eigenvalue weighted by atomic mass is 32.2. The topological polar surface area (TPSA) is 80.0 Å². The lowest BCUT2D eigenvalue weighted by molar-refractivity contribution is -0.144. The highest BCUT2D eigenvalue weighted by molar-refractivity contribution is 8.26. The Labute approximate surface area is 190 Å². The molecular weight excluding hydrogens is 434 g/mol. The van der Waals surface area contributed by atoms with Crippen LogP contribution in [0.15, 0.2) is 39.7 Å². The number of methoxy groups -OCH3 is 1. The molecule has 1 aromatic carbocycles. The van der Waals surface area contributed by atoms with Gasteiger partial charge in [0.2, 0.25) is 0 Å². The van der Waals surface area contributed by atoms with Gasteiger partial charge < -0.3 is 14.3 Å². The summed E-state index contributed by atoms with van der Waals surface area (Å²) in [5.74, 6) is 0.495. The summed E-state index contributed by atoms with van der Waals surface area (Å²) in [6.07, 6.45) is 4.32. The summed E-state index contributed by atoms with van der Waals surface area (Å²) in [4.78, 5) is 26.5. The monoisotopic (exact) mass is 457 g/mol. The molecule has 1 amide bonds. The minimum absolute atomic E-state index is 0.169. The van der Waals surface area contributed by atoms with Gasteiger partial charge in [0.05, 0.1) is 23.5 Å². The molecule has 31 heavy (non-hydrogen) atoms. The van der Waals surface area contributed by atoms with Crippen LogP contribution in [0, 0.1) is 12.8 Å². The fourth-order valence-corrected chi connectivity index (χ4v) is 5.52. The molecule has 2 fully saturated rings. The molecule has 0 spiro atoms. The SMILES string of the molecule is COc1ccc(C)cc1-c1ccc(C=C2SC(=S)N(C3CCCC(C(=O)O)C3)C2=O)o1. The van der Waals surface area contributed by atoms with E-state index < -0.39 is 11.9 Å². The molecule has 162 valence electrons. The molecule has 1 aliphatic carbocycles. The third kappa shape index (κ3) is 4.41. The fourth-order valence-electron chi connectivity index (χ4n) is 4.14. The summed E-state index contributed by atoms with van der Waals surface area (Å²) in [5.41, 5.74) is 1.93. The van der Waals surface area contributed by atoms with Crippen LogP contribution < -0.4 is 4.74 Å². The first-order valence-corrected chi connectivity index (χ1v) is 11.3. The molecule has 1 N–H and O–H groups in total. The molecule has 2 atom stereocenters. The molecule has 1 aromatic heterocycles. The summed E-state index contributed by atoms with van der Waals surface area (Å²) in [5, 5.41) is 9.35. The Kier molecular flexibility index (Phi) is 6.20. The van der Waals surface area contributed by atoms with Crippen LogP contribution in [0.25, 0.3) is 17.4 Å². The first-order valence-electron chi connectivity index (χ1n) is 10.1. The summed E-state index contributed by atoms with van der Waals surface area (Å²) in [7, 11) is 1.61. The van der Waals surface area contributed by atoms with Crippen LogP contribution in [0.3, 0.4) is 0 Å². The van der Waals surface area contributed by atoms with Crippen LogP contribution in [0.2, 0.25) is 0 Å². The summed E-state index contributed by atoms with van der Waals surface area (Å²) >= 11 is 6.69. The molecule has 8 heteroatoms. The van der Waals surface area contributed by atoms with E-state index in [-0.39, 0.29) is 11.9 Å². The van der Waals surface area contributed by atoms with Gasteiger partial charge in [0.15, 0.2) is 0 Å². The number of thiocarbonyl (C=S) groups is 1. The van der Waals surface area contributed by atoms with Gasteiger partial charge in [0.1, 0.15) is 21.6 Å². The van der Waals surface area contributed by atoms with Crippen molar-refractivity contribution in [1.29, 1.82) is 0 Å². The molecule has 6 nitrogen and oxygen atoms in total. The number of carboxylic acid groups (broad SMARTS) is 1. The van der Waals surface area contributed by atoms with Gasteiger partial charge in [-0.1, -0.05) is 42.0 Å². The van der Waals surface area contributed by atoms with Gasteiger partial charge in [-0.2, -0.15) is 0 Å². The van der Waals surface area contributed by atoms with Crippen molar-refractivity contribution < 1.29 is 23.8 Å². The van der Waals surface area contributed by atoms with Crippen LogP contribution in [0.4, 0.5) is 0 Å². The maximum absolute atomic E-state index is 13.1. The number of carbonyl (C=O) groups is 2. The van der Waals surface area contributed by atoms with Crippen molar-refractivity contribution in [3.63, 3.8) is 0 Å². The summed E-state index contributed by atoms with van der Waals surface area (Å²) in [6.45, 7) is 2.00. The van der Waals surface area contributed by atoms with Crippen molar-refractivity contribution in [2.45, 2.75) is 38.6 Å². The molecule has 0 bridgehead atoms. The molecule has 2 aliphatic rings. The zero-order chi connectivity index (χ0) is 22.1. The predicted molar refractivity (Wildman–Crippen MR) is 124 cm³/mol. The van der Waals surface area contributed by atoms with E-state index in [2.05, 4.69) is 0 Å². The van der Waals surface area contributed by atoms with Gasteiger partial charge in [0, 0.05) is 12.1 Å². The van der Waals surface area contributed by atoms with Crippen molar-refractivity contribution in [2.24, 2.45) is 5.92 Å². The number of aryl methyl sites for hydroxylation is 1. The molecule has 2 aromatic rings. The highest BCUT2D eigenvalue weighted by Crippen LogP contribution is 2.39. The molecule has 1 saturated carbocycles. The minimum Gasteiger partial charge on any atom is -0.496 e. The number of ether oxygens (including phenoxy) is 1. The van der Waals surface area contributed by atoms with Crippen molar-refractivity contribution in [3.8, 4) is 17.1 Å². The van der Waals surface area contributed by atoms with Crippen molar-refractivity contribution in [3.05, 3.63) is 46.6 Å². The van der Waals surface area contributed by atoms with E-state index in [1.807, 2.05) is 37.3 Å². The lowest BCUT2D eigenvalue weighted by atomic mass is 9.85. The van der Waals surface area contributed by atoms with Gasteiger partial charge in [-0.05, 0) is 50.5 Å². The second kappa shape index (κ2) is 8.88. The van der Waals surface area contributed by atoms with Crippen LogP contribution in [0.5, 0.6) is 5.75 Å². The maximum Gasteiger partial charge on any atom is 0.306 e. The Balaban J connectivity index is 1.56. The Morgan fingerprint density at radius 3 is 2.87 bits per heavy atom. The van der Waals surface area contributed by atoms with Gasteiger partial charge >= 0.3 is 5.97 Å². The van der Waals surface area contributed by atoms with Crippen LogP contribution in [0.1, 0.15) is 37.0 Å². The van der Waals surface area contributed by atoms with E-state index in [0.29, 0.717) is 39.3 Å². The number of carbonyl (C=O) groups excluding carboxylic acids is 1. The fraction of sp³-hybridized carbons (Fsp3) is 0.348. The molecule has 4 rings (SSSR count). The summed E-state index contributed by atoms with van der Waals surface area (Å²) in [6, 6.07) is 9.34. The van der Waals surface area contributed by atoms with Crippen molar-refractivity contribution in [1.82, 2.24) is 4.90 Å². The number of benzene rings is 1. The Morgan fingerprint density at radius 1 is 1.32 bits per heavy atom. The molecule has 2 unspecified atom stereocenters. The number of carboxylic acids is 1. The zero-order valence-electron chi connectivity index (χ0n) is 17.3. The van der Waals surface area contributed by atoms with E-state index >= 15 is 0 Å². The number of rotatable bonds is 5. The number of amides is 1. The first kappa shape index (κ1) is 21.6. The Bertz CT molecular complexity index is 1070. The van der Waals surface area contributed by atoms with Gasteiger partial charge in [-0.15, -0.1) is 0 Å². The largest absolute Gasteiger partial charge is 0.496 e. The highest BCUT2D eigenvalue weighted by Gasteiger charge is 2.40. The Morgan fingerprint density at radius 2 is 2.13 bits per heavy atom. The number of hydrogen-bond donors (Lipinski definition) is 1. The van der Waals surface area contributed by atoms with Crippen LogP contribution in [-0.2, 0) is 9.59 Å². The number of thioether (sulfide) groups is 1. The number of hydrogen-bond acceptors (Lipinski definition) is 6. The van der Waals surface area contributed by atoms with Crippen molar-refractivity contribution >= 4 is 46.3 Å². The second-order valence-electron chi connectivity index (χ2n) is 7.81. The van der Waals surface area contributed by atoms with E-state index in [1.165, 1.54) is 11.8 Å². The quantitative estimate of drug-likeness (QED) is 0.494. The molecule has 0 radical (unpaired) electrons. The van der Waals surface area contributed by atoms with E-state index in [0.717, 1.165) is 24.0 Å². The smallest absolute Gasteiger partial charge is 0.306 e.